The summed E-state index contributed by atoms with van der Waals surface area (Å²) in [5, 5.41) is 3.61. The van der Waals surface area contributed by atoms with E-state index in [1.807, 2.05) is 17.4 Å². The third-order valence-electron chi connectivity index (χ3n) is 3.75. The first-order chi connectivity index (χ1) is 10.1. The van der Waals surface area contributed by atoms with E-state index in [9.17, 15) is 4.39 Å². The molecule has 0 spiro atoms. The number of nitrogens with one attached hydrogen (secondary N) is 1. The van der Waals surface area contributed by atoms with Crippen LogP contribution in [0.25, 0.3) is 0 Å². The van der Waals surface area contributed by atoms with Crippen LogP contribution in [-0.2, 0) is 12.8 Å². The Morgan fingerprint density at radius 3 is 2.67 bits per heavy atom. The molecule has 114 valence electrons. The van der Waals surface area contributed by atoms with Crippen LogP contribution in [0.5, 0.6) is 0 Å². The van der Waals surface area contributed by atoms with Crippen molar-refractivity contribution in [1.29, 1.82) is 0 Å². The molecule has 1 heterocycles. The molecule has 2 aromatic rings. The highest BCUT2D eigenvalue weighted by Gasteiger charge is 2.15. The van der Waals surface area contributed by atoms with E-state index in [-0.39, 0.29) is 11.9 Å². The Balaban J connectivity index is 2.21. The van der Waals surface area contributed by atoms with Gasteiger partial charge >= 0.3 is 0 Å². The number of hydrogen-bond acceptors (Lipinski definition) is 2. The maximum atomic E-state index is 13.5. The van der Waals surface area contributed by atoms with Gasteiger partial charge in [0.25, 0.3) is 0 Å². The summed E-state index contributed by atoms with van der Waals surface area (Å²) in [6.45, 7) is 7.39. The molecule has 1 atom stereocenters. The van der Waals surface area contributed by atoms with Crippen LogP contribution in [0.15, 0.2) is 30.3 Å². The average molecular weight is 305 g/mol. The molecule has 1 aromatic heterocycles. The third kappa shape index (κ3) is 4.39. The fraction of sp³-hybridized carbons (Fsp3) is 0.444. The number of halogens is 1. The number of aryl methyl sites for hydroxylation is 2. The number of hydrogen-bond donors (Lipinski definition) is 1. The Morgan fingerprint density at radius 1 is 1.19 bits per heavy atom. The molecule has 1 N–H and O–H groups in total. The summed E-state index contributed by atoms with van der Waals surface area (Å²) in [4.78, 5) is 2.76. The number of thiophene rings is 1. The van der Waals surface area contributed by atoms with Crippen molar-refractivity contribution in [2.24, 2.45) is 0 Å². The average Bonchev–Trinajstić information content (AvgIpc) is 2.95. The molecule has 1 aromatic carbocycles. The van der Waals surface area contributed by atoms with Gasteiger partial charge in [-0.2, -0.15) is 0 Å². The van der Waals surface area contributed by atoms with Gasteiger partial charge in [0.2, 0.25) is 0 Å². The number of rotatable bonds is 7. The maximum absolute atomic E-state index is 13.5. The Hall–Kier alpha value is -1.19. The molecule has 0 fully saturated rings. The van der Waals surface area contributed by atoms with Gasteiger partial charge in [0, 0.05) is 15.8 Å². The lowest BCUT2D eigenvalue weighted by atomic mass is 10.00. The second kappa shape index (κ2) is 7.71. The lowest BCUT2D eigenvalue weighted by molar-refractivity contribution is 0.533. The van der Waals surface area contributed by atoms with Gasteiger partial charge in [-0.1, -0.05) is 19.9 Å². The largest absolute Gasteiger partial charge is 0.309 e. The van der Waals surface area contributed by atoms with Gasteiger partial charge in [0.1, 0.15) is 5.82 Å². The topological polar surface area (TPSA) is 12.0 Å². The second-order valence-electron chi connectivity index (χ2n) is 5.44. The van der Waals surface area contributed by atoms with Gasteiger partial charge in [0.05, 0.1) is 0 Å². The van der Waals surface area contributed by atoms with Crippen LogP contribution in [0.3, 0.4) is 0 Å². The number of benzene rings is 1. The molecular weight excluding hydrogens is 281 g/mol. The van der Waals surface area contributed by atoms with Crippen molar-refractivity contribution in [3.63, 3.8) is 0 Å². The molecule has 21 heavy (non-hydrogen) atoms. The van der Waals surface area contributed by atoms with Gasteiger partial charge in [-0.15, -0.1) is 11.3 Å². The van der Waals surface area contributed by atoms with Crippen LogP contribution < -0.4 is 5.32 Å². The fourth-order valence-electron chi connectivity index (χ4n) is 2.44. The molecular formula is C18H24FNS. The van der Waals surface area contributed by atoms with E-state index >= 15 is 0 Å². The molecule has 0 saturated heterocycles. The van der Waals surface area contributed by atoms with Gasteiger partial charge in [-0.3, -0.25) is 0 Å². The summed E-state index contributed by atoms with van der Waals surface area (Å²) in [7, 11) is 0. The zero-order chi connectivity index (χ0) is 15.2. The highest BCUT2D eigenvalue weighted by atomic mass is 32.1. The highest BCUT2D eigenvalue weighted by molar-refractivity contribution is 7.12. The minimum absolute atomic E-state index is 0.148. The van der Waals surface area contributed by atoms with Crippen LogP contribution in [0.2, 0.25) is 0 Å². The van der Waals surface area contributed by atoms with Gasteiger partial charge < -0.3 is 5.32 Å². The lowest BCUT2D eigenvalue weighted by Crippen LogP contribution is -2.23. The van der Waals surface area contributed by atoms with E-state index in [0.717, 1.165) is 36.9 Å². The van der Waals surface area contributed by atoms with E-state index in [1.165, 1.54) is 15.8 Å². The Morgan fingerprint density at radius 2 is 2.00 bits per heavy atom. The molecule has 0 bridgehead atoms. The first kappa shape index (κ1) is 16.2. The first-order valence-corrected chi connectivity index (χ1v) is 8.52. The van der Waals surface area contributed by atoms with Crippen LogP contribution in [0.4, 0.5) is 4.39 Å². The lowest BCUT2D eigenvalue weighted by Gasteiger charge is -2.18. The second-order valence-corrected chi connectivity index (χ2v) is 6.64. The molecule has 1 unspecified atom stereocenters. The summed E-state index contributed by atoms with van der Waals surface area (Å²) in [6.07, 6.45) is 3.02. The molecule has 3 heteroatoms. The predicted molar refractivity (Wildman–Crippen MR) is 89.6 cm³/mol. The van der Waals surface area contributed by atoms with E-state index in [1.54, 1.807) is 6.07 Å². The fourth-order valence-corrected chi connectivity index (χ4v) is 3.47. The van der Waals surface area contributed by atoms with Gasteiger partial charge in [-0.25, -0.2) is 4.39 Å². The molecule has 2 rings (SSSR count). The summed E-state index contributed by atoms with van der Waals surface area (Å²) in [6, 6.07) is 9.77. The van der Waals surface area contributed by atoms with Crippen LogP contribution in [0.1, 0.15) is 47.2 Å². The van der Waals surface area contributed by atoms with Crippen molar-refractivity contribution in [2.45, 2.75) is 46.1 Å². The summed E-state index contributed by atoms with van der Waals surface area (Å²) >= 11 is 1.86. The minimum atomic E-state index is -0.148. The van der Waals surface area contributed by atoms with E-state index < -0.39 is 0 Å². The van der Waals surface area contributed by atoms with E-state index in [0.29, 0.717) is 0 Å². The van der Waals surface area contributed by atoms with Crippen molar-refractivity contribution in [2.75, 3.05) is 6.54 Å². The zero-order valence-electron chi connectivity index (χ0n) is 13.1. The van der Waals surface area contributed by atoms with Crippen LogP contribution in [0, 0.1) is 12.7 Å². The summed E-state index contributed by atoms with van der Waals surface area (Å²) in [5.41, 5.74) is 2.25. The van der Waals surface area contributed by atoms with E-state index in [2.05, 4.69) is 38.2 Å². The minimum Gasteiger partial charge on any atom is -0.309 e. The Bertz CT molecular complexity index is 576. The summed E-state index contributed by atoms with van der Waals surface area (Å²) in [5.74, 6) is -0.148. The molecule has 0 saturated carbocycles. The van der Waals surface area contributed by atoms with Gasteiger partial charge in [-0.05, 0) is 68.1 Å². The maximum Gasteiger partial charge on any atom is 0.123 e. The Labute approximate surface area is 131 Å². The van der Waals surface area contributed by atoms with Gasteiger partial charge in [0.15, 0.2) is 0 Å². The third-order valence-corrected chi connectivity index (χ3v) is 5.09. The molecule has 0 aliphatic rings. The van der Waals surface area contributed by atoms with Crippen molar-refractivity contribution >= 4 is 11.3 Å². The normalized spacial score (nSPS) is 12.6. The molecule has 0 aliphatic carbocycles. The standard InChI is InChI=1S/C18H24FNS/c1-4-10-20-17(18-9-8-16(5-2)21-18)12-14-11-15(19)7-6-13(14)3/h6-9,11,17,20H,4-5,10,12H2,1-3H3. The van der Waals surface area contributed by atoms with Crippen molar-refractivity contribution in [3.05, 3.63) is 57.0 Å². The molecule has 0 amide bonds. The monoisotopic (exact) mass is 305 g/mol. The van der Waals surface area contributed by atoms with Crippen molar-refractivity contribution in [1.82, 2.24) is 5.32 Å². The SMILES string of the molecule is CCCNC(Cc1cc(F)ccc1C)c1ccc(CC)s1. The quantitative estimate of drug-likeness (QED) is 0.755. The highest BCUT2D eigenvalue weighted by Crippen LogP contribution is 2.27. The zero-order valence-corrected chi connectivity index (χ0v) is 13.9. The van der Waals surface area contributed by atoms with Crippen molar-refractivity contribution in [3.8, 4) is 0 Å². The first-order valence-electron chi connectivity index (χ1n) is 7.71. The molecule has 0 radical (unpaired) electrons. The predicted octanol–water partition coefficient (Wildman–Crippen LogP) is 5.04. The molecule has 1 nitrogen and oxygen atoms in total. The molecule has 0 aliphatic heterocycles. The van der Waals surface area contributed by atoms with Crippen molar-refractivity contribution < 1.29 is 4.39 Å². The Kier molecular flexibility index (Phi) is 5.95. The summed E-state index contributed by atoms with van der Waals surface area (Å²) < 4.78 is 13.5. The van der Waals surface area contributed by atoms with Crippen LogP contribution >= 0.6 is 11.3 Å². The van der Waals surface area contributed by atoms with Crippen LogP contribution in [-0.4, -0.2) is 6.54 Å². The van der Waals surface area contributed by atoms with E-state index in [4.69, 9.17) is 0 Å². The smallest absolute Gasteiger partial charge is 0.123 e.